The highest BCUT2D eigenvalue weighted by Gasteiger charge is 2.25. The molecule has 7 heteroatoms. The maximum absolute atomic E-state index is 12.8. The summed E-state index contributed by atoms with van der Waals surface area (Å²) in [5.74, 6) is 1.35. The Kier molecular flexibility index (Phi) is 46.8. The molecule has 0 heterocycles. The van der Waals surface area contributed by atoms with Gasteiger partial charge in [-0.25, -0.2) is 0 Å². The van der Waals surface area contributed by atoms with Crippen LogP contribution < -0.4 is 0 Å². The first-order valence-corrected chi connectivity index (χ1v) is 28.9. The molecule has 0 aliphatic heterocycles. The predicted molar refractivity (Wildman–Crippen MR) is 286 cm³/mol. The predicted octanol–water partition coefficient (Wildman–Crippen LogP) is 17.1. The fraction of sp³-hybridized carbons (Fsp3) is 0.898. The van der Waals surface area contributed by atoms with Crippen LogP contribution in [-0.4, -0.2) is 71.8 Å². The lowest BCUT2D eigenvalue weighted by Gasteiger charge is -2.38. The Morgan fingerprint density at radius 3 is 1.32 bits per heavy atom. The molecule has 4 unspecified atom stereocenters. The molecule has 0 saturated heterocycles. The van der Waals surface area contributed by atoms with Crippen molar-refractivity contribution in [3.05, 3.63) is 25.1 Å². The minimum Gasteiger partial charge on any atom is -0.465 e. The Morgan fingerprint density at radius 1 is 0.515 bits per heavy atom. The van der Waals surface area contributed by atoms with Gasteiger partial charge in [0.15, 0.2) is 0 Å². The highest BCUT2D eigenvalue weighted by Crippen LogP contribution is 2.23. The number of rotatable bonds is 51. The van der Waals surface area contributed by atoms with Crippen LogP contribution in [0.4, 0.5) is 0 Å². The number of aliphatic hydroxyl groups is 1. The fourth-order valence-corrected chi connectivity index (χ4v) is 9.43. The fourth-order valence-electron chi connectivity index (χ4n) is 9.43. The Morgan fingerprint density at radius 2 is 0.894 bits per heavy atom. The first kappa shape index (κ1) is 64.1. The molecule has 0 aromatic carbocycles. The number of hydrogen-bond donors (Lipinski definition) is 1. The van der Waals surface area contributed by atoms with Gasteiger partial charge >= 0.3 is 11.9 Å². The first-order chi connectivity index (χ1) is 32.1. The normalized spacial score (nSPS) is 13.7. The van der Waals surface area contributed by atoms with E-state index < -0.39 is 6.10 Å². The van der Waals surface area contributed by atoms with Gasteiger partial charge in [-0.3, -0.25) is 14.5 Å². The Balaban J connectivity index is 4.96. The number of unbranched alkanes of at least 4 members (excludes halogenated alkanes) is 22. The molecule has 390 valence electrons. The zero-order valence-corrected chi connectivity index (χ0v) is 45.3. The molecular formula is C59H114N2O5. The molecule has 0 amide bonds. The SMILES string of the molecule is C=CN(/C=C\CC)CC(C(C)C)N(CCCCCCCC(=O)OCC(CCCCCC)CCCCCCCC)CC(O)CCCCCC(=O)OCC(CCCCCC)CCCCCCCC. The van der Waals surface area contributed by atoms with Gasteiger partial charge in [-0.2, -0.15) is 0 Å². The lowest BCUT2D eigenvalue weighted by Crippen LogP contribution is -2.48. The van der Waals surface area contributed by atoms with Gasteiger partial charge in [0.05, 0.1) is 19.3 Å². The van der Waals surface area contributed by atoms with E-state index in [-0.39, 0.29) is 18.0 Å². The molecule has 7 nitrogen and oxygen atoms in total. The van der Waals surface area contributed by atoms with Crippen molar-refractivity contribution in [3.63, 3.8) is 0 Å². The molecule has 0 aromatic heterocycles. The summed E-state index contributed by atoms with van der Waals surface area (Å²) in [6.45, 7) is 23.5. The summed E-state index contributed by atoms with van der Waals surface area (Å²) in [5.41, 5.74) is 0. The topological polar surface area (TPSA) is 79.3 Å². The number of aliphatic hydroxyl groups excluding tert-OH is 1. The quantitative estimate of drug-likeness (QED) is 0.0481. The van der Waals surface area contributed by atoms with Crippen molar-refractivity contribution in [3.8, 4) is 0 Å². The zero-order valence-electron chi connectivity index (χ0n) is 45.3. The van der Waals surface area contributed by atoms with Gasteiger partial charge in [-0.15, -0.1) is 0 Å². The summed E-state index contributed by atoms with van der Waals surface area (Å²) in [7, 11) is 0. The maximum Gasteiger partial charge on any atom is 0.305 e. The third-order valence-electron chi connectivity index (χ3n) is 13.9. The summed E-state index contributed by atoms with van der Waals surface area (Å²) in [6, 6.07) is 0.275. The van der Waals surface area contributed by atoms with Crippen LogP contribution in [-0.2, 0) is 19.1 Å². The van der Waals surface area contributed by atoms with Crippen LogP contribution in [0.5, 0.6) is 0 Å². The zero-order chi connectivity index (χ0) is 48.7. The lowest BCUT2D eigenvalue weighted by atomic mass is 9.95. The van der Waals surface area contributed by atoms with Crippen LogP contribution in [0.1, 0.15) is 280 Å². The van der Waals surface area contributed by atoms with Crippen molar-refractivity contribution in [1.82, 2.24) is 9.80 Å². The largest absolute Gasteiger partial charge is 0.465 e. The number of carbonyl (C=O) groups excluding carboxylic acids is 2. The monoisotopic (exact) mass is 931 g/mol. The van der Waals surface area contributed by atoms with Gasteiger partial charge in [-0.05, 0) is 94.5 Å². The third-order valence-corrected chi connectivity index (χ3v) is 13.9. The third kappa shape index (κ3) is 40.1. The number of hydrogen-bond acceptors (Lipinski definition) is 7. The molecule has 0 fully saturated rings. The van der Waals surface area contributed by atoms with Gasteiger partial charge in [0, 0.05) is 32.0 Å². The molecule has 0 aromatic rings. The average Bonchev–Trinajstić information content (AvgIpc) is 3.30. The number of carbonyl (C=O) groups is 2. The second-order valence-corrected chi connectivity index (χ2v) is 20.7. The minimum atomic E-state index is -0.412. The second-order valence-electron chi connectivity index (χ2n) is 20.7. The van der Waals surface area contributed by atoms with Gasteiger partial charge in [-0.1, -0.05) is 222 Å². The lowest BCUT2D eigenvalue weighted by molar-refractivity contribution is -0.146. The van der Waals surface area contributed by atoms with Crippen LogP contribution >= 0.6 is 0 Å². The minimum absolute atomic E-state index is 0.0176. The maximum atomic E-state index is 12.8. The van der Waals surface area contributed by atoms with E-state index in [1.807, 2.05) is 6.20 Å². The Bertz CT molecular complexity index is 1100. The molecule has 66 heavy (non-hydrogen) atoms. The highest BCUT2D eigenvalue weighted by molar-refractivity contribution is 5.69. The number of allylic oxidation sites excluding steroid dienone is 1. The molecular weight excluding hydrogens is 817 g/mol. The molecule has 0 saturated carbocycles. The Hall–Kier alpha value is -1.86. The van der Waals surface area contributed by atoms with Gasteiger partial charge < -0.3 is 19.5 Å². The number of nitrogens with zero attached hydrogens (tertiary/aromatic N) is 2. The van der Waals surface area contributed by atoms with Crippen LogP contribution in [0, 0.1) is 17.8 Å². The van der Waals surface area contributed by atoms with Gasteiger partial charge in [0.1, 0.15) is 0 Å². The van der Waals surface area contributed by atoms with Crippen LogP contribution in [0.15, 0.2) is 25.1 Å². The van der Waals surface area contributed by atoms with Crippen molar-refractivity contribution < 1.29 is 24.2 Å². The van der Waals surface area contributed by atoms with E-state index in [9.17, 15) is 14.7 Å². The molecule has 4 atom stereocenters. The first-order valence-electron chi connectivity index (χ1n) is 28.9. The van der Waals surface area contributed by atoms with E-state index in [1.165, 1.54) is 154 Å². The van der Waals surface area contributed by atoms with E-state index >= 15 is 0 Å². The van der Waals surface area contributed by atoms with Crippen LogP contribution in [0.25, 0.3) is 0 Å². The van der Waals surface area contributed by atoms with Crippen molar-refractivity contribution in [2.75, 3.05) is 32.8 Å². The molecule has 0 spiro atoms. The van der Waals surface area contributed by atoms with E-state index in [0.717, 1.165) is 77.3 Å². The average molecular weight is 932 g/mol. The highest BCUT2D eigenvalue weighted by atomic mass is 16.5. The van der Waals surface area contributed by atoms with Crippen LogP contribution in [0.2, 0.25) is 0 Å². The summed E-state index contributed by atoms with van der Waals surface area (Å²) in [4.78, 5) is 30.3. The van der Waals surface area contributed by atoms with Gasteiger partial charge in [0.25, 0.3) is 0 Å². The van der Waals surface area contributed by atoms with Gasteiger partial charge in [0.2, 0.25) is 0 Å². The van der Waals surface area contributed by atoms with E-state index in [4.69, 9.17) is 9.47 Å². The number of esters is 2. The van der Waals surface area contributed by atoms with Crippen molar-refractivity contribution >= 4 is 11.9 Å². The molecule has 0 radical (unpaired) electrons. The summed E-state index contributed by atoms with van der Waals surface area (Å²) in [6.07, 6.45) is 47.0. The van der Waals surface area contributed by atoms with Crippen LogP contribution in [0.3, 0.4) is 0 Å². The summed E-state index contributed by atoms with van der Waals surface area (Å²) >= 11 is 0. The molecule has 1 N–H and O–H groups in total. The van der Waals surface area contributed by atoms with E-state index in [0.29, 0.717) is 50.4 Å². The second kappa shape index (κ2) is 48.2. The number of ether oxygens (including phenoxy) is 2. The van der Waals surface area contributed by atoms with E-state index in [1.54, 1.807) is 0 Å². The van der Waals surface area contributed by atoms with E-state index in [2.05, 4.69) is 77.1 Å². The molecule has 0 rings (SSSR count). The van der Waals surface area contributed by atoms with Crippen molar-refractivity contribution in [1.29, 1.82) is 0 Å². The molecule has 0 aliphatic rings. The Labute approximate surface area is 411 Å². The summed E-state index contributed by atoms with van der Waals surface area (Å²) < 4.78 is 11.7. The molecule has 0 bridgehead atoms. The summed E-state index contributed by atoms with van der Waals surface area (Å²) in [5, 5.41) is 11.4. The van der Waals surface area contributed by atoms with Crippen molar-refractivity contribution in [2.45, 2.75) is 292 Å². The van der Waals surface area contributed by atoms with Crippen molar-refractivity contribution in [2.24, 2.45) is 17.8 Å². The standard InChI is InChI=1S/C59H114N2O5/c1-9-15-20-24-27-34-42-54(40-32-22-17-11-3)51-65-58(63)45-37-29-26-30-39-48-61(57(53(7)8)50-60(14-6)47-19-13-5)49-56(62)44-36-31-38-46-59(64)66-52-55(41-33-23-18-12-4)43-35-28-25-21-16-10-2/h14,19,47,53-57,62H,6,9-13,15-18,20-46,48-52H2,1-5,7-8H3/b47-19-. The molecule has 0 aliphatic carbocycles. The smallest absolute Gasteiger partial charge is 0.305 e.